The molecular weight excluding hydrogens is 306 g/mol. The Hall–Kier alpha value is -2.96. The highest BCUT2D eigenvalue weighted by molar-refractivity contribution is 5.79. The molecule has 0 saturated carbocycles. The van der Waals surface area contributed by atoms with E-state index in [0.29, 0.717) is 31.2 Å². The number of likely N-dealkylation sites (tertiary alicyclic amines) is 1. The second kappa shape index (κ2) is 5.92. The normalized spacial score (nSPS) is 14.6. The molecule has 24 heavy (non-hydrogen) atoms. The molecule has 122 valence electrons. The van der Waals surface area contributed by atoms with Crippen molar-refractivity contribution < 1.29 is 9.32 Å². The van der Waals surface area contributed by atoms with Crippen LogP contribution in [0.15, 0.2) is 41.2 Å². The molecule has 0 aliphatic carbocycles. The average molecular weight is 323 g/mol. The van der Waals surface area contributed by atoms with Crippen molar-refractivity contribution in [1.82, 2.24) is 25.0 Å². The fraction of sp³-hybridized carbons (Fsp3) is 0.294. The minimum Gasteiger partial charge on any atom is -0.348 e. The average Bonchev–Trinajstić information content (AvgIpc) is 3.17. The Kier molecular flexibility index (Phi) is 3.60. The van der Waals surface area contributed by atoms with Gasteiger partial charge in [-0.15, -0.1) is 0 Å². The van der Waals surface area contributed by atoms with E-state index in [1.165, 1.54) is 0 Å². The van der Waals surface area contributed by atoms with Crippen LogP contribution < -0.4 is 0 Å². The number of hydrogen-bond donors (Lipinski definition) is 1. The number of hydrogen-bond acceptors (Lipinski definition) is 5. The number of nitrogens with zero attached hydrogens (tertiary/aromatic N) is 4. The van der Waals surface area contributed by atoms with E-state index in [2.05, 4.69) is 20.1 Å². The second-order valence-corrected chi connectivity index (χ2v) is 5.97. The third-order valence-electron chi connectivity index (χ3n) is 4.31. The summed E-state index contributed by atoms with van der Waals surface area (Å²) in [6.45, 7) is 3.13. The van der Waals surface area contributed by atoms with Gasteiger partial charge in [-0.1, -0.05) is 35.5 Å². The number of amides is 1. The lowest BCUT2D eigenvalue weighted by Gasteiger charge is -2.37. The van der Waals surface area contributed by atoms with E-state index in [9.17, 15) is 4.79 Å². The van der Waals surface area contributed by atoms with Crippen LogP contribution >= 0.6 is 0 Å². The second-order valence-electron chi connectivity index (χ2n) is 5.97. The molecule has 1 aliphatic heterocycles. The number of aromatic amines is 1. The van der Waals surface area contributed by atoms with E-state index in [1.54, 1.807) is 11.2 Å². The third kappa shape index (κ3) is 2.68. The standard InChI is InChI=1S/C17H17N5O2/c1-11-14(19-10-18-11)7-15(23)22-8-13(9-22)17-20-16(21-24-17)12-5-3-2-4-6-12/h2-6,10,13H,7-9H2,1H3,(H,18,19). The molecule has 1 aliphatic rings. The highest BCUT2D eigenvalue weighted by atomic mass is 16.5. The Labute approximate surface area is 138 Å². The molecule has 0 unspecified atom stereocenters. The van der Waals surface area contributed by atoms with E-state index in [-0.39, 0.29) is 11.8 Å². The zero-order valence-electron chi connectivity index (χ0n) is 13.3. The first-order valence-corrected chi connectivity index (χ1v) is 7.86. The molecule has 2 aromatic heterocycles. The SMILES string of the molecule is Cc1[nH]cnc1CC(=O)N1CC(c2nc(-c3ccccc3)no2)C1. The van der Waals surface area contributed by atoms with E-state index < -0.39 is 0 Å². The molecule has 7 heteroatoms. The molecule has 0 radical (unpaired) electrons. The van der Waals surface area contributed by atoms with Crippen LogP contribution in [0.5, 0.6) is 0 Å². The number of aryl methyl sites for hydroxylation is 1. The molecule has 7 nitrogen and oxygen atoms in total. The zero-order valence-corrected chi connectivity index (χ0v) is 13.3. The molecule has 1 saturated heterocycles. The van der Waals surface area contributed by atoms with Gasteiger partial charge in [-0.3, -0.25) is 4.79 Å². The van der Waals surface area contributed by atoms with Gasteiger partial charge >= 0.3 is 0 Å². The number of aromatic nitrogens is 4. The lowest BCUT2D eigenvalue weighted by atomic mass is 9.99. The Morgan fingerprint density at radius 1 is 1.33 bits per heavy atom. The van der Waals surface area contributed by atoms with Gasteiger partial charge in [-0.25, -0.2) is 4.98 Å². The van der Waals surface area contributed by atoms with E-state index in [0.717, 1.165) is 17.0 Å². The van der Waals surface area contributed by atoms with Crippen LogP contribution in [0.25, 0.3) is 11.4 Å². The molecule has 1 amide bonds. The number of imidazole rings is 1. The molecule has 0 spiro atoms. The van der Waals surface area contributed by atoms with Crippen molar-refractivity contribution >= 4 is 5.91 Å². The lowest BCUT2D eigenvalue weighted by Crippen LogP contribution is -2.49. The summed E-state index contributed by atoms with van der Waals surface area (Å²) in [4.78, 5) is 25.7. The van der Waals surface area contributed by atoms with Crippen LogP contribution in [-0.4, -0.2) is 44.0 Å². The summed E-state index contributed by atoms with van der Waals surface area (Å²) in [5.74, 6) is 1.36. The summed E-state index contributed by atoms with van der Waals surface area (Å²) >= 11 is 0. The topological polar surface area (TPSA) is 87.9 Å². The highest BCUT2D eigenvalue weighted by Crippen LogP contribution is 2.28. The summed E-state index contributed by atoms with van der Waals surface area (Å²) < 4.78 is 5.36. The van der Waals surface area contributed by atoms with Crippen LogP contribution in [0.2, 0.25) is 0 Å². The maximum Gasteiger partial charge on any atom is 0.233 e. The predicted octanol–water partition coefficient (Wildman–Crippen LogP) is 1.94. The Bertz CT molecular complexity index is 849. The molecule has 1 fully saturated rings. The molecule has 3 heterocycles. The van der Waals surface area contributed by atoms with Crippen LogP contribution in [0.4, 0.5) is 0 Å². The summed E-state index contributed by atoms with van der Waals surface area (Å²) in [5.41, 5.74) is 2.66. The Morgan fingerprint density at radius 2 is 2.12 bits per heavy atom. The number of nitrogens with one attached hydrogen (secondary N) is 1. The van der Waals surface area contributed by atoms with E-state index in [1.807, 2.05) is 37.3 Å². The van der Waals surface area contributed by atoms with Crippen molar-refractivity contribution in [3.05, 3.63) is 53.9 Å². The van der Waals surface area contributed by atoms with Crippen molar-refractivity contribution in [3.63, 3.8) is 0 Å². The Morgan fingerprint density at radius 3 is 2.83 bits per heavy atom. The number of benzene rings is 1. The quantitative estimate of drug-likeness (QED) is 0.792. The fourth-order valence-electron chi connectivity index (χ4n) is 2.76. The first-order chi connectivity index (χ1) is 11.7. The smallest absolute Gasteiger partial charge is 0.233 e. The highest BCUT2D eigenvalue weighted by Gasteiger charge is 2.35. The summed E-state index contributed by atoms with van der Waals surface area (Å²) in [6, 6.07) is 9.70. The van der Waals surface area contributed by atoms with Crippen molar-refractivity contribution in [3.8, 4) is 11.4 Å². The first kappa shape index (κ1) is 14.6. The van der Waals surface area contributed by atoms with Gasteiger partial charge < -0.3 is 14.4 Å². The van der Waals surface area contributed by atoms with Gasteiger partial charge in [0.25, 0.3) is 0 Å². The minimum atomic E-state index is 0.0734. The summed E-state index contributed by atoms with van der Waals surface area (Å²) in [5, 5.41) is 4.03. The van der Waals surface area contributed by atoms with Gasteiger partial charge in [0.1, 0.15) is 0 Å². The van der Waals surface area contributed by atoms with Crippen LogP contribution in [-0.2, 0) is 11.2 Å². The van der Waals surface area contributed by atoms with Gasteiger partial charge in [0, 0.05) is 24.3 Å². The van der Waals surface area contributed by atoms with Crippen molar-refractivity contribution in [1.29, 1.82) is 0 Å². The van der Waals surface area contributed by atoms with Crippen LogP contribution in [0.1, 0.15) is 23.2 Å². The van der Waals surface area contributed by atoms with Gasteiger partial charge in [-0.2, -0.15) is 4.98 Å². The number of H-pyrrole nitrogens is 1. The van der Waals surface area contributed by atoms with Crippen molar-refractivity contribution in [2.75, 3.05) is 13.1 Å². The Balaban J connectivity index is 1.37. The first-order valence-electron chi connectivity index (χ1n) is 7.86. The van der Waals surface area contributed by atoms with Crippen LogP contribution in [0, 0.1) is 6.92 Å². The summed E-state index contributed by atoms with van der Waals surface area (Å²) in [6.07, 6.45) is 1.93. The summed E-state index contributed by atoms with van der Waals surface area (Å²) in [7, 11) is 0. The minimum absolute atomic E-state index is 0.0734. The van der Waals surface area contributed by atoms with E-state index in [4.69, 9.17) is 4.52 Å². The van der Waals surface area contributed by atoms with Crippen LogP contribution in [0.3, 0.4) is 0 Å². The molecule has 3 aromatic rings. The third-order valence-corrected chi connectivity index (χ3v) is 4.31. The number of carbonyl (C=O) groups is 1. The largest absolute Gasteiger partial charge is 0.348 e. The lowest BCUT2D eigenvalue weighted by molar-refractivity contribution is -0.135. The number of carbonyl (C=O) groups excluding carboxylic acids is 1. The molecular formula is C17H17N5O2. The van der Waals surface area contributed by atoms with Crippen molar-refractivity contribution in [2.45, 2.75) is 19.3 Å². The molecule has 0 atom stereocenters. The monoisotopic (exact) mass is 323 g/mol. The van der Waals surface area contributed by atoms with Gasteiger partial charge in [0.15, 0.2) is 0 Å². The zero-order chi connectivity index (χ0) is 16.5. The van der Waals surface area contributed by atoms with E-state index >= 15 is 0 Å². The fourth-order valence-corrected chi connectivity index (χ4v) is 2.76. The van der Waals surface area contributed by atoms with Gasteiger partial charge in [0.05, 0.1) is 24.4 Å². The molecule has 1 N–H and O–H groups in total. The van der Waals surface area contributed by atoms with Crippen molar-refractivity contribution in [2.24, 2.45) is 0 Å². The van der Waals surface area contributed by atoms with Gasteiger partial charge in [-0.05, 0) is 6.92 Å². The molecule has 0 bridgehead atoms. The maximum absolute atomic E-state index is 12.3. The maximum atomic E-state index is 12.3. The molecule has 4 rings (SSSR count). The number of rotatable bonds is 4. The molecule has 1 aromatic carbocycles. The predicted molar refractivity (Wildman–Crippen MR) is 86.1 cm³/mol. The van der Waals surface area contributed by atoms with Gasteiger partial charge in [0.2, 0.25) is 17.6 Å².